The molecular formula is C19H26ClN5OS. The molecule has 1 aliphatic heterocycles. The second-order valence-electron chi connectivity index (χ2n) is 7.04. The van der Waals surface area contributed by atoms with Gasteiger partial charge in [-0.1, -0.05) is 28.9 Å². The maximum atomic E-state index is 6.03. The van der Waals surface area contributed by atoms with Crippen LogP contribution in [-0.4, -0.2) is 57.7 Å². The van der Waals surface area contributed by atoms with Gasteiger partial charge in [0, 0.05) is 47.1 Å². The van der Waals surface area contributed by atoms with Gasteiger partial charge >= 0.3 is 0 Å². The number of hydrogen-bond donors (Lipinski definition) is 1. The number of rotatable bonds is 5. The van der Waals surface area contributed by atoms with Crippen molar-refractivity contribution in [3.63, 3.8) is 0 Å². The van der Waals surface area contributed by atoms with Crippen molar-refractivity contribution in [2.24, 2.45) is 4.99 Å². The van der Waals surface area contributed by atoms with Crippen LogP contribution in [0.2, 0.25) is 5.02 Å². The van der Waals surface area contributed by atoms with Gasteiger partial charge in [-0.05, 0) is 32.9 Å². The molecule has 1 fully saturated rings. The molecule has 0 aliphatic carbocycles. The van der Waals surface area contributed by atoms with Crippen molar-refractivity contribution < 1.29 is 4.52 Å². The highest BCUT2D eigenvalue weighted by Gasteiger charge is 2.28. The highest BCUT2D eigenvalue weighted by Crippen LogP contribution is 2.29. The van der Waals surface area contributed by atoms with Gasteiger partial charge in [-0.2, -0.15) is 16.7 Å². The molecule has 0 atom stereocenters. The molecule has 0 saturated carbocycles. The molecule has 1 saturated heterocycles. The van der Waals surface area contributed by atoms with Crippen LogP contribution >= 0.6 is 23.4 Å². The van der Waals surface area contributed by atoms with Crippen LogP contribution in [0.3, 0.4) is 0 Å². The molecule has 1 N–H and O–H groups in total. The molecule has 1 aromatic carbocycles. The fourth-order valence-corrected chi connectivity index (χ4v) is 4.28. The van der Waals surface area contributed by atoms with Crippen molar-refractivity contribution in [1.82, 2.24) is 20.4 Å². The van der Waals surface area contributed by atoms with Crippen LogP contribution in [0.1, 0.15) is 26.7 Å². The monoisotopic (exact) mass is 407 g/mol. The SMILES string of the molecule is CCNC(=NCCc1nc(-c2cccc(Cl)c2)no1)N1CCSC(C)(C)C1. The topological polar surface area (TPSA) is 66.5 Å². The number of halogens is 1. The standard InChI is InChI=1S/C19H26ClN5OS/c1-4-21-18(25-10-11-27-19(2,3)13-25)22-9-8-16-23-17(24-26-16)14-6-5-7-15(20)12-14/h5-7,12H,4,8-11,13H2,1-3H3,(H,21,22). The van der Waals surface area contributed by atoms with Crippen molar-refractivity contribution in [1.29, 1.82) is 0 Å². The lowest BCUT2D eigenvalue weighted by Crippen LogP contribution is -2.51. The number of nitrogens with zero attached hydrogens (tertiary/aromatic N) is 4. The Balaban J connectivity index is 1.62. The fraction of sp³-hybridized carbons (Fsp3) is 0.526. The minimum atomic E-state index is 0.243. The van der Waals surface area contributed by atoms with Gasteiger partial charge in [-0.3, -0.25) is 4.99 Å². The Bertz CT molecular complexity index is 792. The minimum Gasteiger partial charge on any atom is -0.357 e. The van der Waals surface area contributed by atoms with Gasteiger partial charge in [-0.15, -0.1) is 0 Å². The van der Waals surface area contributed by atoms with E-state index in [9.17, 15) is 0 Å². The van der Waals surface area contributed by atoms with E-state index >= 15 is 0 Å². The number of thioether (sulfide) groups is 1. The zero-order valence-corrected chi connectivity index (χ0v) is 17.6. The smallest absolute Gasteiger partial charge is 0.228 e. The van der Waals surface area contributed by atoms with E-state index in [2.05, 4.69) is 41.1 Å². The maximum Gasteiger partial charge on any atom is 0.228 e. The highest BCUT2D eigenvalue weighted by molar-refractivity contribution is 8.00. The summed E-state index contributed by atoms with van der Waals surface area (Å²) in [4.78, 5) is 11.6. The summed E-state index contributed by atoms with van der Waals surface area (Å²) in [5.41, 5.74) is 0.849. The molecular weight excluding hydrogens is 382 g/mol. The van der Waals surface area contributed by atoms with E-state index in [0.29, 0.717) is 29.7 Å². The lowest BCUT2D eigenvalue weighted by molar-refractivity contribution is 0.371. The highest BCUT2D eigenvalue weighted by atomic mass is 35.5. The molecule has 2 heterocycles. The quantitative estimate of drug-likeness (QED) is 0.601. The molecule has 0 unspecified atom stereocenters. The first-order chi connectivity index (χ1) is 13.0. The van der Waals surface area contributed by atoms with Crippen molar-refractivity contribution >= 4 is 29.3 Å². The van der Waals surface area contributed by atoms with E-state index in [0.717, 1.165) is 36.9 Å². The fourth-order valence-electron chi connectivity index (χ4n) is 2.98. The van der Waals surface area contributed by atoms with Gasteiger partial charge < -0.3 is 14.7 Å². The number of benzene rings is 1. The summed E-state index contributed by atoms with van der Waals surface area (Å²) in [5.74, 6) is 3.21. The van der Waals surface area contributed by atoms with Crippen LogP contribution < -0.4 is 5.32 Å². The molecule has 1 aromatic heterocycles. The normalized spacial score (nSPS) is 17.2. The summed E-state index contributed by atoms with van der Waals surface area (Å²) in [7, 11) is 0. The van der Waals surface area contributed by atoms with Crippen molar-refractivity contribution in [3.8, 4) is 11.4 Å². The lowest BCUT2D eigenvalue weighted by atomic mass is 10.2. The van der Waals surface area contributed by atoms with E-state index in [4.69, 9.17) is 21.1 Å². The van der Waals surface area contributed by atoms with Crippen LogP contribution in [0, 0.1) is 0 Å². The summed E-state index contributed by atoms with van der Waals surface area (Å²) in [6.45, 7) is 10.1. The lowest BCUT2D eigenvalue weighted by Gasteiger charge is -2.39. The van der Waals surface area contributed by atoms with Gasteiger partial charge in [0.25, 0.3) is 0 Å². The molecule has 0 radical (unpaired) electrons. The average Bonchev–Trinajstić information content (AvgIpc) is 3.09. The van der Waals surface area contributed by atoms with Gasteiger partial charge in [0.2, 0.25) is 11.7 Å². The van der Waals surface area contributed by atoms with Crippen LogP contribution in [0.4, 0.5) is 0 Å². The second kappa shape index (κ2) is 8.97. The van der Waals surface area contributed by atoms with E-state index in [1.54, 1.807) is 0 Å². The Labute approximate surface area is 169 Å². The predicted octanol–water partition coefficient (Wildman–Crippen LogP) is 3.73. The number of guanidine groups is 1. The largest absolute Gasteiger partial charge is 0.357 e. The first-order valence-electron chi connectivity index (χ1n) is 9.22. The third-order valence-electron chi connectivity index (χ3n) is 4.20. The summed E-state index contributed by atoms with van der Waals surface area (Å²) in [6.07, 6.45) is 0.606. The van der Waals surface area contributed by atoms with Gasteiger partial charge in [0.05, 0.1) is 6.54 Å². The summed E-state index contributed by atoms with van der Waals surface area (Å²) in [6, 6.07) is 7.44. The van der Waals surface area contributed by atoms with E-state index in [1.807, 2.05) is 36.0 Å². The Morgan fingerprint density at radius 3 is 3.04 bits per heavy atom. The molecule has 0 spiro atoms. The Morgan fingerprint density at radius 1 is 1.44 bits per heavy atom. The molecule has 2 aromatic rings. The van der Waals surface area contributed by atoms with Gasteiger partial charge in [-0.25, -0.2) is 0 Å². The summed E-state index contributed by atoms with van der Waals surface area (Å²) in [5, 5.41) is 8.10. The Hall–Kier alpha value is -1.73. The number of nitrogens with one attached hydrogen (secondary N) is 1. The van der Waals surface area contributed by atoms with Crippen molar-refractivity contribution in [3.05, 3.63) is 35.2 Å². The molecule has 0 amide bonds. The van der Waals surface area contributed by atoms with Crippen molar-refractivity contribution in [2.75, 3.05) is 31.9 Å². The van der Waals surface area contributed by atoms with E-state index in [-0.39, 0.29) is 4.75 Å². The number of hydrogen-bond acceptors (Lipinski definition) is 5. The van der Waals surface area contributed by atoms with Crippen LogP contribution in [0.5, 0.6) is 0 Å². The molecule has 27 heavy (non-hydrogen) atoms. The van der Waals surface area contributed by atoms with Gasteiger partial charge in [0.15, 0.2) is 5.96 Å². The summed E-state index contributed by atoms with van der Waals surface area (Å²) < 4.78 is 5.61. The maximum absolute atomic E-state index is 6.03. The Morgan fingerprint density at radius 2 is 2.30 bits per heavy atom. The third-order valence-corrected chi connectivity index (χ3v) is 5.73. The van der Waals surface area contributed by atoms with E-state index < -0.39 is 0 Å². The molecule has 8 heteroatoms. The van der Waals surface area contributed by atoms with Crippen LogP contribution in [0.25, 0.3) is 11.4 Å². The molecule has 1 aliphatic rings. The second-order valence-corrected chi connectivity index (χ2v) is 9.28. The molecule has 0 bridgehead atoms. The van der Waals surface area contributed by atoms with Crippen LogP contribution in [-0.2, 0) is 6.42 Å². The minimum absolute atomic E-state index is 0.243. The molecule has 3 rings (SSSR count). The molecule has 146 valence electrons. The zero-order chi connectivity index (χ0) is 19.3. The number of aromatic nitrogens is 2. The predicted molar refractivity (Wildman–Crippen MR) is 113 cm³/mol. The Kier molecular flexibility index (Phi) is 6.65. The zero-order valence-electron chi connectivity index (χ0n) is 16.0. The van der Waals surface area contributed by atoms with Gasteiger partial charge in [0.1, 0.15) is 0 Å². The van der Waals surface area contributed by atoms with Crippen LogP contribution in [0.15, 0.2) is 33.8 Å². The first kappa shape index (κ1) is 20.0. The van der Waals surface area contributed by atoms with Crippen molar-refractivity contribution in [2.45, 2.75) is 31.9 Å². The van der Waals surface area contributed by atoms with E-state index in [1.165, 1.54) is 0 Å². The third kappa shape index (κ3) is 5.62. The number of aliphatic imine (C=N–C) groups is 1. The first-order valence-corrected chi connectivity index (χ1v) is 10.6. The molecule has 6 nitrogen and oxygen atoms in total. The average molecular weight is 408 g/mol. The summed E-state index contributed by atoms with van der Waals surface area (Å²) >= 11 is 8.04.